The summed E-state index contributed by atoms with van der Waals surface area (Å²) in [5.74, 6) is 1.32. The molecule has 0 aliphatic rings. The number of carbonyl (C=O) groups excluding carboxylic acids is 1. The highest BCUT2D eigenvalue weighted by Gasteiger charge is 2.20. The zero-order valence-electron chi connectivity index (χ0n) is 16.0. The molecule has 1 amide bonds. The number of rotatable bonds is 7. The molecule has 3 aromatic rings. The molecule has 0 saturated heterocycles. The minimum Gasteiger partial charge on any atom is -0.480 e. The summed E-state index contributed by atoms with van der Waals surface area (Å²) in [4.78, 5) is 16.9. The number of amides is 1. The molecule has 0 radical (unpaired) electrons. The monoisotopic (exact) mass is 443 g/mol. The van der Waals surface area contributed by atoms with E-state index in [0.29, 0.717) is 18.1 Å². The fourth-order valence-electron chi connectivity index (χ4n) is 2.66. The van der Waals surface area contributed by atoms with Gasteiger partial charge in [-0.1, -0.05) is 52.3 Å². The lowest BCUT2D eigenvalue weighted by Crippen LogP contribution is -2.37. The normalized spacial score (nSPS) is 11.9. The number of nitrogens with zero attached hydrogens (tertiary/aromatic N) is 2. The minimum absolute atomic E-state index is 0.145. The van der Waals surface area contributed by atoms with Gasteiger partial charge in [0.2, 0.25) is 11.7 Å². The minimum atomic E-state index is -0.590. The van der Waals surface area contributed by atoms with Gasteiger partial charge in [-0.2, -0.15) is 4.98 Å². The molecule has 1 atom stereocenters. The van der Waals surface area contributed by atoms with Crippen molar-refractivity contribution >= 4 is 21.8 Å². The molecular weight excluding hydrogens is 422 g/mol. The van der Waals surface area contributed by atoms with Crippen molar-refractivity contribution in [2.24, 2.45) is 0 Å². The summed E-state index contributed by atoms with van der Waals surface area (Å²) in [5.41, 5.74) is 2.91. The fraction of sp³-hybridized carbons (Fsp3) is 0.286. The van der Waals surface area contributed by atoms with Crippen LogP contribution < -0.4 is 10.1 Å². The first kappa shape index (κ1) is 20.1. The number of aromatic nitrogens is 2. The van der Waals surface area contributed by atoms with Crippen LogP contribution in [0.3, 0.4) is 0 Å². The summed E-state index contributed by atoms with van der Waals surface area (Å²) in [7, 11) is 0. The molecule has 7 heteroatoms. The third kappa shape index (κ3) is 4.98. The van der Waals surface area contributed by atoms with E-state index in [2.05, 4.69) is 31.4 Å². The molecule has 1 aromatic heterocycles. The van der Waals surface area contributed by atoms with Crippen molar-refractivity contribution in [3.8, 4) is 17.1 Å². The second-order valence-electron chi connectivity index (χ2n) is 6.52. The van der Waals surface area contributed by atoms with E-state index in [9.17, 15) is 4.79 Å². The van der Waals surface area contributed by atoms with Crippen LogP contribution in [0.25, 0.3) is 11.4 Å². The van der Waals surface area contributed by atoms with Crippen molar-refractivity contribution < 1.29 is 14.1 Å². The van der Waals surface area contributed by atoms with E-state index in [0.717, 1.165) is 26.9 Å². The molecule has 146 valence electrons. The molecule has 0 saturated carbocycles. The molecule has 1 N–H and O–H groups in total. The number of carbonyl (C=O) groups is 1. The van der Waals surface area contributed by atoms with Gasteiger partial charge in [-0.15, -0.1) is 0 Å². The predicted molar refractivity (Wildman–Crippen MR) is 110 cm³/mol. The molecule has 0 spiro atoms. The van der Waals surface area contributed by atoms with Crippen molar-refractivity contribution in [2.45, 2.75) is 39.8 Å². The van der Waals surface area contributed by atoms with E-state index in [-0.39, 0.29) is 12.5 Å². The summed E-state index contributed by atoms with van der Waals surface area (Å²) < 4.78 is 12.1. The quantitative estimate of drug-likeness (QED) is 0.577. The second-order valence-corrected chi connectivity index (χ2v) is 7.44. The van der Waals surface area contributed by atoms with Crippen LogP contribution in [0.5, 0.6) is 5.75 Å². The molecular formula is C21H22BrN3O3. The molecule has 1 heterocycles. The first-order valence-corrected chi connectivity index (χ1v) is 9.85. The van der Waals surface area contributed by atoms with Crippen LogP contribution >= 0.6 is 15.9 Å². The molecule has 0 aliphatic carbocycles. The lowest BCUT2D eigenvalue weighted by Gasteiger charge is -2.18. The van der Waals surface area contributed by atoms with Crippen molar-refractivity contribution in [2.75, 3.05) is 0 Å². The average molecular weight is 444 g/mol. The van der Waals surface area contributed by atoms with Crippen molar-refractivity contribution in [1.29, 1.82) is 0 Å². The third-order valence-electron chi connectivity index (χ3n) is 4.24. The summed E-state index contributed by atoms with van der Waals surface area (Å²) in [6.45, 7) is 6.01. The Morgan fingerprint density at radius 3 is 2.82 bits per heavy atom. The van der Waals surface area contributed by atoms with E-state index in [1.54, 1.807) is 0 Å². The Hall–Kier alpha value is -2.67. The smallest absolute Gasteiger partial charge is 0.261 e. The Kier molecular flexibility index (Phi) is 6.46. The van der Waals surface area contributed by atoms with Gasteiger partial charge in [0.25, 0.3) is 5.91 Å². The van der Waals surface area contributed by atoms with Crippen molar-refractivity contribution in [1.82, 2.24) is 15.5 Å². The summed E-state index contributed by atoms with van der Waals surface area (Å²) in [6.07, 6.45) is -0.0419. The highest BCUT2D eigenvalue weighted by atomic mass is 79.9. The molecule has 3 rings (SSSR count). The lowest BCUT2D eigenvalue weighted by atomic mass is 10.1. The fourth-order valence-corrected chi connectivity index (χ4v) is 3.06. The van der Waals surface area contributed by atoms with Gasteiger partial charge in [0.05, 0.1) is 6.54 Å². The maximum atomic E-state index is 12.5. The average Bonchev–Trinajstić information content (AvgIpc) is 3.16. The highest BCUT2D eigenvalue weighted by molar-refractivity contribution is 9.10. The summed E-state index contributed by atoms with van der Waals surface area (Å²) >= 11 is 3.42. The van der Waals surface area contributed by atoms with Crippen molar-refractivity contribution in [3.05, 3.63) is 64.0 Å². The molecule has 28 heavy (non-hydrogen) atoms. The number of benzene rings is 2. The Labute approximate surface area is 172 Å². The molecule has 0 aliphatic heterocycles. The Balaban J connectivity index is 1.62. The number of aryl methyl sites for hydroxylation is 2. The third-order valence-corrected chi connectivity index (χ3v) is 4.73. The van der Waals surface area contributed by atoms with Crippen LogP contribution in [0.2, 0.25) is 0 Å². The van der Waals surface area contributed by atoms with Crippen LogP contribution in [0.4, 0.5) is 0 Å². The van der Waals surface area contributed by atoms with Gasteiger partial charge < -0.3 is 14.6 Å². The highest BCUT2D eigenvalue weighted by Crippen LogP contribution is 2.22. The van der Waals surface area contributed by atoms with Gasteiger partial charge in [-0.3, -0.25) is 4.79 Å². The zero-order chi connectivity index (χ0) is 20.1. The van der Waals surface area contributed by atoms with Crippen LogP contribution in [0.15, 0.2) is 51.5 Å². The maximum absolute atomic E-state index is 12.5. The van der Waals surface area contributed by atoms with Gasteiger partial charge >= 0.3 is 0 Å². The molecule has 0 unspecified atom stereocenters. The Morgan fingerprint density at radius 2 is 2.07 bits per heavy atom. The standard InChI is InChI=1S/C21H22BrN3O3/c1-4-17(27-18-10-13(2)8-9-14(18)3)21(26)23-12-19-24-20(25-28-19)15-6-5-7-16(22)11-15/h5-11,17H,4,12H2,1-3H3,(H,23,26)/t17-/m1/s1. The second kappa shape index (κ2) is 9.01. The van der Waals surface area contributed by atoms with Gasteiger partial charge in [-0.05, 0) is 49.6 Å². The van der Waals surface area contributed by atoms with E-state index in [1.807, 2.05) is 63.2 Å². The Bertz CT molecular complexity index is 971. The van der Waals surface area contributed by atoms with Gasteiger partial charge in [0.1, 0.15) is 5.75 Å². The van der Waals surface area contributed by atoms with Crippen LogP contribution in [0.1, 0.15) is 30.4 Å². The number of ether oxygens (including phenoxy) is 1. The van der Waals surface area contributed by atoms with E-state index >= 15 is 0 Å². The van der Waals surface area contributed by atoms with E-state index < -0.39 is 6.10 Å². The number of nitrogens with one attached hydrogen (secondary N) is 1. The topological polar surface area (TPSA) is 77.2 Å². The van der Waals surface area contributed by atoms with Gasteiger partial charge in [0.15, 0.2) is 6.10 Å². The summed E-state index contributed by atoms with van der Waals surface area (Å²) in [6, 6.07) is 13.5. The molecule has 0 fully saturated rings. The van der Waals surface area contributed by atoms with Crippen LogP contribution in [-0.4, -0.2) is 22.2 Å². The number of hydrogen-bond acceptors (Lipinski definition) is 5. The van der Waals surface area contributed by atoms with Crippen molar-refractivity contribution in [3.63, 3.8) is 0 Å². The van der Waals surface area contributed by atoms with E-state index in [1.165, 1.54) is 0 Å². The lowest BCUT2D eigenvalue weighted by molar-refractivity contribution is -0.128. The predicted octanol–water partition coefficient (Wildman–Crippen LogP) is 4.59. The zero-order valence-corrected chi connectivity index (χ0v) is 17.6. The SMILES string of the molecule is CC[C@@H](Oc1cc(C)ccc1C)C(=O)NCc1nc(-c2cccc(Br)c2)no1. The maximum Gasteiger partial charge on any atom is 0.261 e. The van der Waals surface area contributed by atoms with Crippen LogP contribution in [-0.2, 0) is 11.3 Å². The number of halogens is 1. The van der Waals surface area contributed by atoms with Gasteiger partial charge in [0, 0.05) is 10.0 Å². The van der Waals surface area contributed by atoms with Gasteiger partial charge in [-0.25, -0.2) is 0 Å². The summed E-state index contributed by atoms with van der Waals surface area (Å²) in [5, 5.41) is 6.78. The largest absolute Gasteiger partial charge is 0.480 e. The molecule has 2 aromatic carbocycles. The van der Waals surface area contributed by atoms with Crippen LogP contribution in [0, 0.1) is 13.8 Å². The first-order valence-electron chi connectivity index (χ1n) is 9.06. The molecule has 0 bridgehead atoms. The Morgan fingerprint density at radius 1 is 1.25 bits per heavy atom. The number of hydrogen-bond donors (Lipinski definition) is 1. The first-order chi connectivity index (χ1) is 13.5. The van der Waals surface area contributed by atoms with E-state index in [4.69, 9.17) is 9.26 Å². The molecule has 6 nitrogen and oxygen atoms in total.